The summed E-state index contributed by atoms with van der Waals surface area (Å²) in [4.78, 5) is 24.8. The molecule has 6 nitrogen and oxygen atoms in total. The highest BCUT2D eigenvalue weighted by molar-refractivity contribution is 6.30. The lowest BCUT2D eigenvalue weighted by molar-refractivity contribution is 0.0962. The van der Waals surface area contributed by atoms with Crippen molar-refractivity contribution in [1.29, 1.82) is 0 Å². The molecule has 0 saturated carbocycles. The molecule has 0 atom stereocenters. The van der Waals surface area contributed by atoms with Crippen molar-refractivity contribution >= 4 is 29.2 Å². The first-order chi connectivity index (χ1) is 14.5. The van der Waals surface area contributed by atoms with Gasteiger partial charge in [0.2, 0.25) is 0 Å². The molecule has 0 spiro atoms. The normalized spacial score (nSPS) is 10.4. The number of amides is 3. The molecule has 0 aromatic heterocycles. The van der Waals surface area contributed by atoms with E-state index >= 15 is 0 Å². The second-order valence-corrected chi connectivity index (χ2v) is 6.86. The van der Waals surface area contributed by atoms with Crippen LogP contribution in [0.2, 0.25) is 5.02 Å². The van der Waals surface area contributed by atoms with Gasteiger partial charge in [-0.1, -0.05) is 41.9 Å². The van der Waals surface area contributed by atoms with Gasteiger partial charge in [0, 0.05) is 35.0 Å². The number of rotatable bonds is 6. The third kappa shape index (κ3) is 5.17. The van der Waals surface area contributed by atoms with Gasteiger partial charge >= 0.3 is 6.03 Å². The highest BCUT2D eigenvalue weighted by Crippen LogP contribution is 2.33. The van der Waals surface area contributed by atoms with Crippen LogP contribution in [0.5, 0.6) is 5.75 Å². The first-order valence-corrected chi connectivity index (χ1v) is 9.52. The Morgan fingerprint density at radius 3 is 2.40 bits per heavy atom. The van der Waals surface area contributed by atoms with E-state index in [1.807, 2.05) is 18.2 Å². The Balaban J connectivity index is 1.72. The average molecular weight is 425 g/mol. The van der Waals surface area contributed by atoms with Gasteiger partial charge in [-0.3, -0.25) is 10.1 Å². The summed E-state index contributed by atoms with van der Waals surface area (Å²) in [7, 11) is 3.09. The zero-order valence-electron chi connectivity index (χ0n) is 16.6. The van der Waals surface area contributed by atoms with Gasteiger partial charge in [0.25, 0.3) is 5.91 Å². The highest BCUT2D eigenvalue weighted by atomic mass is 35.5. The number of anilines is 1. The van der Waals surface area contributed by atoms with E-state index in [9.17, 15) is 9.59 Å². The van der Waals surface area contributed by atoms with Crippen molar-refractivity contribution in [1.82, 2.24) is 5.32 Å². The van der Waals surface area contributed by atoms with Crippen LogP contribution in [0.1, 0.15) is 15.9 Å². The van der Waals surface area contributed by atoms with Crippen LogP contribution < -0.4 is 15.4 Å². The molecule has 0 bridgehead atoms. The minimum Gasteiger partial charge on any atom is -0.496 e. The summed E-state index contributed by atoms with van der Waals surface area (Å²) >= 11 is 5.95. The maximum atomic E-state index is 12.5. The van der Waals surface area contributed by atoms with E-state index in [1.165, 1.54) is 0 Å². The summed E-state index contributed by atoms with van der Waals surface area (Å²) in [6, 6.07) is 18.9. The molecule has 30 heavy (non-hydrogen) atoms. The fraction of sp³-hybridized carbons (Fsp3) is 0.130. The Kier molecular flexibility index (Phi) is 7.06. The van der Waals surface area contributed by atoms with Crippen molar-refractivity contribution in [3.63, 3.8) is 0 Å². The van der Waals surface area contributed by atoms with Crippen molar-refractivity contribution in [2.75, 3.05) is 19.5 Å². The van der Waals surface area contributed by atoms with Gasteiger partial charge in [-0.2, -0.15) is 0 Å². The average Bonchev–Trinajstić information content (AvgIpc) is 2.75. The molecule has 0 heterocycles. The van der Waals surface area contributed by atoms with Crippen LogP contribution in [0, 0.1) is 0 Å². The fourth-order valence-electron chi connectivity index (χ4n) is 2.99. The minimum atomic E-state index is -0.645. The molecular weight excluding hydrogens is 404 g/mol. The Morgan fingerprint density at radius 1 is 0.967 bits per heavy atom. The number of hydrogen-bond donors (Lipinski definition) is 2. The molecule has 3 rings (SSSR count). The third-order valence-corrected chi connectivity index (χ3v) is 4.66. The number of carbonyl (C=O) groups is 2. The van der Waals surface area contributed by atoms with Crippen LogP contribution in [-0.4, -0.2) is 26.2 Å². The van der Waals surface area contributed by atoms with E-state index < -0.39 is 11.9 Å². The maximum absolute atomic E-state index is 12.5. The Morgan fingerprint density at radius 2 is 1.70 bits per heavy atom. The van der Waals surface area contributed by atoms with Crippen LogP contribution in [0.4, 0.5) is 10.5 Å². The number of hydrogen-bond acceptors (Lipinski definition) is 4. The lowest BCUT2D eigenvalue weighted by Crippen LogP contribution is -2.34. The summed E-state index contributed by atoms with van der Waals surface area (Å²) in [5, 5.41) is 5.63. The third-order valence-electron chi connectivity index (χ3n) is 4.40. The number of urea groups is 1. The predicted molar refractivity (Wildman–Crippen MR) is 117 cm³/mol. The zero-order chi connectivity index (χ0) is 21.5. The number of nitrogens with one attached hydrogen (secondary N) is 2. The Hall–Kier alpha value is -3.35. The van der Waals surface area contributed by atoms with Crippen LogP contribution in [-0.2, 0) is 11.3 Å². The summed E-state index contributed by atoms with van der Waals surface area (Å²) in [6.07, 6.45) is 0. The SMILES string of the molecule is COCc1ccccc1C(=O)NC(=O)Nc1ccc(-c2ccc(Cl)cc2)c(OC)c1. The largest absolute Gasteiger partial charge is 0.496 e. The molecule has 0 aliphatic heterocycles. The van der Waals surface area contributed by atoms with Crippen molar-refractivity contribution in [2.45, 2.75) is 6.61 Å². The van der Waals surface area contributed by atoms with Crippen molar-refractivity contribution in [3.8, 4) is 16.9 Å². The van der Waals surface area contributed by atoms with Crippen LogP contribution in [0.25, 0.3) is 11.1 Å². The van der Waals surface area contributed by atoms with Crippen molar-refractivity contribution in [3.05, 3.63) is 82.9 Å². The molecule has 3 aromatic rings. The zero-order valence-corrected chi connectivity index (χ0v) is 17.3. The van der Waals surface area contributed by atoms with Gasteiger partial charge in [-0.25, -0.2) is 4.79 Å². The summed E-state index contributed by atoms with van der Waals surface area (Å²) in [5.74, 6) is 0.0665. The molecule has 0 radical (unpaired) electrons. The number of imide groups is 1. The molecule has 3 aromatic carbocycles. The van der Waals surface area contributed by atoms with Gasteiger partial charge in [0.05, 0.1) is 13.7 Å². The molecule has 0 fully saturated rings. The number of halogens is 1. The van der Waals surface area contributed by atoms with Crippen LogP contribution in [0.3, 0.4) is 0 Å². The second kappa shape index (κ2) is 9.91. The van der Waals surface area contributed by atoms with Gasteiger partial charge in [-0.15, -0.1) is 0 Å². The number of methoxy groups -OCH3 is 2. The van der Waals surface area contributed by atoms with E-state index in [1.54, 1.807) is 62.8 Å². The summed E-state index contributed by atoms with van der Waals surface area (Å²) in [5.41, 5.74) is 3.34. The van der Waals surface area contributed by atoms with Gasteiger partial charge in [-0.05, 0) is 41.5 Å². The van der Waals surface area contributed by atoms with Gasteiger partial charge in [0.15, 0.2) is 0 Å². The molecule has 0 saturated heterocycles. The number of benzene rings is 3. The van der Waals surface area contributed by atoms with E-state index in [0.29, 0.717) is 27.6 Å². The standard InChI is InChI=1S/C23H21ClN2O4/c1-29-14-16-5-3-4-6-20(16)22(27)26-23(28)25-18-11-12-19(21(13-18)30-2)15-7-9-17(24)10-8-15/h3-13H,14H2,1-2H3,(H2,25,26,27,28). The maximum Gasteiger partial charge on any atom is 0.326 e. The van der Waals surface area contributed by atoms with Crippen LogP contribution >= 0.6 is 11.6 Å². The fourth-order valence-corrected chi connectivity index (χ4v) is 3.12. The van der Waals surface area contributed by atoms with E-state index in [-0.39, 0.29) is 6.61 Å². The smallest absolute Gasteiger partial charge is 0.326 e. The number of carbonyl (C=O) groups excluding carboxylic acids is 2. The Labute approximate surface area is 179 Å². The number of ether oxygens (including phenoxy) is 2. The molecule has 0 unspecified atom stereocenters. The lowest BCUT2D eigenvalue weighted by atomic mass is 10.0. The molecule has 3 amide bonds. The van der Waals surface area contributed by atoms with Crippen LogP contribution in [0.15, 0.2) is 66.7 Å². The first-order valence-electron chi connectivity index (χ1n) is 9.15. The second-order valence-electron chi connectivity index (χ2n) is 6.42. The van der Waals surface area contributed by atoms with Gasteiger partial charge < -0.3 is 14.8 Å². The topological polar surface area (TPSA) is 76.7 Å². The Bertz CT molecular complexity index is 1050. The molecule has 154 valence electrons. The highest BCUT2D eigenvalue weighted by Gasteiger charge is 2.15. The quantitative estimate of drug-likeness (QED) is 0.575. The van der Waals surface area contributed by atoms with Crippen molar-refractivity contribution in [2.24, 2.45) is 0 Å². The summed E-state index contributed by atoms with van der Waals surface area (Å²) < 4.78 is 10.6. The van der Waals surface area contributed by atoms with E-state index in [0.717, 1.165) is 11.1 Å². The molecule has 0 aliphatic carbocycles. The first kappa shape index (κ1) is 21.4. The van der Waals surface area contributed by atoms with E-state index in [4.69, 9.17) is 21.1 Å². The van der Waals surface area contributed by atoms with Gasteiger partial charge in [0.1, 0.15) is 5.75 Å². The summed E-state index contributed by atoms with van der Waals surface area (Å²) in [6.45, 7) is 0.272. The molecule has 0 aliphatic rings. The minimum absolute atomic E-state index is 0.272. The predicted octanol–water partition coefficient (Wildman–Crippen LogP) is 5.12. The monoisotopic (exact) mass is 424 g/mol. The van der Waals surface area contributed by atoms with E-state index in [2.05, 4.69) is 10.6 Å². The molecule has 7 heteroatoms. The molecular formula is C23H21ClN2O4. The lowest BCUT2D eigenvalue weighted by Gasteiger charge is -2.13. The van der Waals surface area contributed by atoms with Crippen molar-refractivity contribution < 1.29 is 19.1 Å². The molecule has 2 N–H and O–H groups in total.